The van der Waals surface area contributed by atoms with Crippen LogP contribution in [0.1, 0.15) is 24.0 Å². The minimum Gasteiger partial charge on any atom is -0.482 e. The normalized spacial score (nSPS) is 13.8. The van der Waals surface area contributed by atoms with E-state index in [9.17, 15) is 4.79 Å². The van der Waals surface area contributed by atoms with Crippen molar-refractivity contribution in [3.63, 3.8) is 0 Å². The monoisotopic (exact) mass is 300 g/mol. The lowest BCUT2D eigenvalue weighted by Gasteiger charge is -2.28. The van der Waals surface area contributed by atoms with Crippen molar-refractivity contribution in [1.82, 2.24) is 19.4 Å². The van der Waals surface area contributed by atoms with Gasteiger partial charge in [0.2, 0.25) is 0 Å². The van der Waals surface area contributed by atoms with Crippen molar-refractivity contribution in [1.29, 1.82) is 0 Å². The van der Waals surface area contributed by atoms with Gasteiger partial charge in [0, 0.05) is 25.0 Å². The Morgan fingerprint density at radius 1 is 1.36 bits per heavy atom. The van der Waals surface area contributed by atoms with Gasteiger partial charge < -0.3 is 14.2 Å². The maximum absolute atomic E-state index is 12.3. The molecule has 2 aromatic rings. The molecule has 3 heterocycles. The summed E-state index contributed by atoms with van der Waals surface area (Å²) < 4.78 is 7.76. The Bertz CT molecular complexity index is 681. The second kappa shape index (κ2) is 6.17. The molecule has 0 saturated carbocycles. The zero-order chi connectivity index (χ0) is 15.5. The number of rotatable bonds is 4. The van der Waals surface area contributed by atoms with Crippen LogP contribution in [0.15, 0.2) is 24.7 Å². The molecule has 0 aromatic carbocycles. The number of amides is 1. The van der Waals surface area contributed by atoms with E-state index in [0.717, 1.165) is 30.0 Å². The number of aromatic nitrogens is 3. The van der Waals surface area contributed by atoms with E-state index >= 15 is 0 Å². The fourth-order valence-corrected chi connectivity index (χ4v) is 2.61. The van der Waals surface area contributed by atoms with Gasteiger partial charge in [0.05, 0.1) is 24.3 Å². The molecule has 2 aromatic heterocycles. The molecule has 0 radical (unpaired) electrons. The Morgan fingerprint density at radius 2 is 2.23 bits per heavy atom. The summed E-state index contributed by atoms with van der Waals surface area (Å²) in [6, 6.07) is 3.79. The molecule has 0 bridgehead atoms. The molecule has 0 fully saturated rings. The Labute approximate surface area is 129 Å². The van der Waals surface area contributed by atoms with Crippen molar-refractivity contribution in [3.05, 3.63) is 41.7 Å². The molecule has 1 aliphatic heterocycles. The third-order valence-corrected chi connectivity index (χ3v) is 3.87. The number of pyridine rings is 1. The average molecular weight is 300 g/mol. The number of ether oxygens (including phenoxy) is 1. The molecule has 6 heteroatoms. The van der Waals surface area contributed by atoms with Gasteiger partial charge in [-0.2, -0.15) is 0 Å². The second-order valence-corrected chi connectivity index (χ2v) is 5.43. The van der Waals surface area contributed by atoms with Gasteiger partial charge in [0.15, 0.2) is 6.61 Å². The van der Waals surface area contributed by atoms with Crippen LogP contribution >= 0.6 is 0 Å². The summed E-state index contributed by atoms with van der Waals surface area (Å²) in [6.07, 6.45) is 4.40. The maximum atomic E-state index is 12.3. The van der Waals surface area contributed by atoms with E-state index < -0.39 is 0 Å². The molecule has 0 N–H and O–H groups in total. The first-order valence-corrected chi connectivity index (χ1v) is 7.53. The van der Waals surface area contributed by atoms with Gasteiger partial charge in [-0.05, 0) is 25.5 Å². The van der Waals surface area contributed by atoms with E-state index in [4.69, 9.17) is 4.74 Å². The Hall–Kier alpha value is -2.37. The summed E-state index contributed by atoms with van der Waals surface area (Å²) in [5, 5.41) is 0. The number of imidazole rings is 1. The summed E-state index contributed by atoms with van der Waals surface area (Å²) in [4.78, 5) is 22.7. The first-order valence-electron chi connectivity index (χ1n) is 7.53. The molecule has 0 atom stereocenters. The van der Waals surface area contributed by atoms with Gasteiger partial charge >= 0.3 is 0 Å². The highest BCUT2D eigenvalue weighted by molar-refractivity contribution is 5.77. The van der Waals surface area contributed by atoms with E-state index in [-0.39, 0.29) is 12.5 Å². The van der Waals surface area contributed by atoms with Crippen molar-refractivity contribution >= 4 is 5.91 Å². The first-order chi connectivity index (χ1) is 10.7. The van der Waals surface area contributed by atoms with E-state index in [1.54, 1.807) is 12.5 Å². The highest BCUT2D eigenvalue weighted by Gasteiger charge is 2.21. The molecule has 0 unspecified atom stereocenters. The molecule has 0 aliphatic carbocycles. The average Bonchev–Trinajstić information content (AvgIpc) is 3.00. The highest BCUT2D eigenvalue weighted by atomic mass is 16.5. The minimum absolute atomic E-state index is 0.00456. The van der Waals surface area contributed by atoms with Crippen LogP contribution in [0.4, 0.5) is 0 Å². The van der Waals surface area contributed by atoms with Crippen molar-refractivity contribution in [2.45, 2.75) is 33.4 Å². The van der Waals surface area contributed by atoms with Crippen LogP contribution < -0.4 is 4.74 Å². The highest BCUT2D eigenvalue weighted by Crippen LogP contribution is 2.18. The maximum Gasteiger partial charge on any atom is 0.260 e. The first kappa shape index (κ1) is 14.6. The molecule has 0 saturated heterocycles. The lowest BCUT2D eigenvalue weighted by Crippen LogP contribution is -2.40. The smallest absolute Gasteiger partial charge is 0.260 e. The molecular weight excluding hydrogens is 280 g/mol. The van der Waals surface area contributed by atoms with Crippen LogP contribution in [0.3, 0.4) is 0 Å². The van der Waals surface area contributed by atoms with E-state index in [1.165, 1.54) is 0 Å². The number of hydrogen-bond acceptors (Lipinski definition) is 4. The van der Waals surface area contributed by atoms with Crippen LogP contribution in [-0.2, 0) is 24.3 Å². The molecule has 116 valence electrons. The summed E-state index contributed by atoms with van der Waals surface area (Å²) >= 11 is 0. The van der Waals surface area contributed by atoms with Crippen LogP contribution in [0.2, 0.25) is 0 Å². The topological polar surface area (TPSA) is 60.2 Å². The van der Waals surface area contributed by atoms with E-state index in [0.29, 0.717) is 18.8 Å². The summed E-state index contributed by atoms with van der Waals surface area (Å²) in [5.41, 5.74) is 2.91. The number of aryl methyl sites for hydroxylation is 2. The van der Waals surface area contributed by atoms with Crippen LogP contribution in [0, 0.1) is 6.92 Å². The molecule has 1 aliphatic rings. The van der Waals surface area contributed by atoms with E-state index in [2.05, 4.69) is 14.5 Å². The van der Waals surface area contributed by atoms with Crippen molar-refractivity contribution in [2.75, 3.05) is 13.2 Å². The standard InChI is InChI=1S/C16H20N4O2/c1-3-14-15(5-4-12(2)18-14)22-10-16(21)19-6-7-20-11-17-8-13(20)9-19/h4-5,8,11H,3,6-7,9-10H2,1-2H3. The van der Waals surface area contributed by atoms with Crippen molar-refractivity contribution < 1.29 is 9.53 Å². The zero-order valence-corrected chi connectivity index (χ0v) is 13.0. The Morgan fingerprint density at radius 3 is 3.05 bits per heavy atom. The minimum atomic E-state index is -0.00456. The number of nitrogens with zero attached hydrogens (tertiary/aromatic N) is 4. The third-order valence-electron chi connectivity index (χ3n) is 3.87. The van der Waals surface area contributed by atoms with Gasteiger partial charge in [-0.25, -0.2) is 4.98 Å². The molecule has 6 nitrogen and oxygen atoms in total. The van der Waals surface area contributed by atoms with Crippen LogP contribution in [0.5, 0.6) is 5.75 Å². The molecule has 3 rings (SSSR count). The largest absolute Gasteiger partial charge is 0.482 e. The molecule has 22 heavy (non-hydrogen) atoms. The fraction of sp³-hybridized carbons (Fsp3) is 0.438. The number of carbonyl (C=O) groups is 1. The van der Waals surface area contributed by atoms with E-state index in [1.807, 2.05) is 30.9 Å². The quantitative estimate of drug-likeness (QED) is 0.860. The van der Waals surface area contributed by atoms with Crippen LogP contribution in [0.25, 0.3) is 0 Å². The lowest BCUT2D eigenvalue weighted by atomic mass is 10.2. The van der Waals surface area contributed by atoms with Crippen molar-refractivity contribution in [3.8, 4) is 5.75 Å². The van der Waals surface area contributed by atoms with Gasteiger partial charge in [-0.15, -0.1) is 0 Å². The van der Waals surface area contributed by atoms with Crippen LogP contribution in [-0.4, -0.2) is 38.5 Å². The van der Waals surface area contributed by atoms with Gasteiger partial charge in [-0.1, -0.05) is 6.92 Å². The van der Waals surface area contributed by atoms with Gasteiger partial charge in [0.25, 0.3) is 5.91 Å². The Kier molecular flexibility index (Phi) is 4.09. The summed E-state index contributed by atoms with van der Waals surface area (Å²) in [6.45, 7) is 6.10. The number of hydrogen-bond donors (Lipinski definition) is 0. The lowest BCUT2D eigenvalue weighted by molar-refractivity contribution is -0.134. The van der Waals surface area contributed by atoms with Gasteiger partial charge in [0.1, 0.15) is 5.75 Å². The third kappa shape index (κ3) is 2.95. The summed E-state index contributed by atoms with van der Waals surface area (Å²) in [7, 11) is 0. The molecular formula is C16H20N4O2. The zero-order valence-electron chi connectivity index (χ0n) is 13.0. The molecule has 1 amide bonds. The Balaban J connectivity index is 1.61. The summed E-state index contributed by atoms with van der Waals surface area (Å²) in [5.74, 6) is 0.693. The predicted molar refractivity (Wildman–Crippen MR) is 81.5 cm³/mol. The van der Waals surface area contributed by atoms with Gasteiger partial charge in [-0.3, -0.25) is 9.78 Å². The predicted octanol–water partition coefficient (Wildman–Crippen LogP) is 1.57. The van der Waals surface area contributed by atoms with Crippen molar-refractivity contribution in [2.24, 2.45) is 0 Å². The number of fused-ring (bicyclic) bond motifs is 1. The SMILES string of the molecule is CCc1nc(C)ccc1OCC(=O)N1CCn2cncc2C1. The number of carbonyl (C=O) groups excluding carboxylic acids is 1. The molecule has 0 spiro atoms. The fourth-order valence-electron chi connectivity index (χ4n) is 2.61. The second-order valence-electron chi connectivity index (χ2n) is 5.43.